The molecule has 3 heterocycles. The number of fused-ring (bicyclic) bond motifs is 1. The number of rotatable bonds is 5. The van der Waals surface area contributed by atoms with Crippen molar-refractivity contribution in [3.63, 3.8) is 0 Å². The number of hydrogen-bond donors (Lipinski definition) is 3. The summed E-state index contributed by atoms with van der Waals surface area (Å²) in [6, 6.07) is 3.93. The van der Waals surface area contributed by atoms with E-state index in [0.29, 0.717) is 12.1 Å². The van der Waals surface area contributed by atoms with E-state index in [-0.39, 0.29) is 52.5 Å². The quantitative estimate of drug-likeness (QED) is 0.242. The van der Waals surface area contributed by atoms with Crippen LogP contribution < -0.4 is 50.6 Å². The van der Waals surface area contributed by atoms with Crippen LogP contribution in [-0.4, -0.2) is 91.4 Å². The third kappa shape index (κ3) is 5.94. The molecule has 1 aromatic carbocycles. The molecule has 194 valence electrons. The maximum Gasteiger partial charge on any atom is 1.00 e. The second-order valence-corrected chi connectivity index (χ2v) is 10.0. The van der Waals surface area contributed by atoms with Crippen LogP contribution in [0.25, 0.3) is 0 Å². The van der Waals surface area contributed by atoms with Crippen molar-refractivity contribution in [2.75, 3.05) is 13.1 Å². The fraction of sp³-hybridized carbons (Fsp3) is 0.450. The van der Waals surface area contributed by atoms with Crippen LogP contribution in [0.2, 0.25) is 0 Å². The van der Waals surface area contributed by atoms with E-state index in [1.807, 2.05) is 0 Å². The third-order valence-electron chi connectivity index (χ3n) is 5.73. The van der Waals surface area contributed by atoms with E-state index in [0.717, 1.165) is 4.90 Å². The third-order valence-corrected chi connectivity index (χ3v) is 7.30. The number of aliphatic carboxylic acids is 1. The first-order valence-corrected chi connectivity index (χ1v) is 10.9. The Balaban J connectivity index is 0.00000306. The zero-order valence-corrected chi connectivity index (χ0v) is 22.7. The summed E-state index contributed by atoms with van der Waals surface area (Å²) in [5, 5.41) is 18.7. The molecule has 3 aliphatic rings. The van der Waals surface area contributed by atoms with Gasteiger partial charge in [0.25, 0.3) is 0 Å². The number of benzene rings is 1. The molecule has 1 unspecified atom stereocenters. The number of β-lactam (4-membered cyclic amide) rings is 1. The smallest absolute Gasteiger partial charge is 0.548 e. The number of amides is 6. The van der Waals surface area contributed by atoms with Gasteiger partial charge in [-0.2, -0.15) is 0 Å². The molecule has 0 bridgehead atoms. The number of urea groups is 2. The molecular weight excluding hydrogens is 509 g/mol. The van der Waals surface area contributed by atoms with Gasteiger partial charge >= 0.3 is 41.6 Å². The number of nitrogens with zero attached hydrogens (tertiary/aromatic N) is 2. The summed E-state index contributed by atoms with van der Waals surface area (Å²) in [5.41, 5.74) is 0.466. The molecular formula is C20H28N5NaO9S. The number of imide groups is 1. The molecule has 36 heavy (non-hydrogen) atoms. The number of thioether (sulfide) groups is 1. The first-order chi connectivity index (χ1) is 15.1. The standard InChI is InChI=1S/C20H23N5O6S.Na.3H2O/c1-20(2)13(17(28)29)25-15(27)12(16(25)32-20)22-14(26)11(10-6-4-3-5-7-10)23-19(31)24-9-8-21-18(24)30;;;;/h3-7,11-13,16H,8-9H2,1-2H3,(H,21,30)(H,22,26)(H,23,31)(H,28,29);;3*1H2/q;+1;;;/p-1/t11?,12-,13+,16-;;;;/m1..../s1. The van der Waals surface area contributed by atoms with Crippen LogP contribution in [0.15, 0.2) is 30.3 Å². The van der Waals surface area contributed by atoms with Crippen LogP contribution in [0.3, 0.4) is 0 Å². The van der Waals surface area contributed by atoms with Gasteiger partial charge in [-0.05, 0) is 19.4 Å². The molecule has 14 nitrogen and oxygen atoms in total. The van der Waals surface area contributed by atoms with Crippen LogP contribution in [0.5, 0.6) is 0 Å². The summed E-state index contributed by atoms with van der Waals surface area (Å²) in [6.45, 7) is 3.89. The van der Waals surface area contributed by atoms with Crippen molar-refractivity contribution in [1.29, 1.82) is 0 Å². The van der Waals surface area contributed by atoms with Crippen LogP contribution >= 0.6 is 11.8 Å². The minimum absolute atomic E-state index is 0. The Kier molecular flexibility index (Phi) is 11.9. The van der Waals surface area contributed by atoms with Crippen molar-refractivity contribution < 1.29 is 75.1 Å². The fourth-order valence-electron chi connectivity index (χ4n) is 4.18. The molecule has 4 rings (SSSR count). The van der Waals surface area contributed by atoms with Crippen molar-refractivity contribution in [3.8, 4) is 0 Å². The fourth-order valence-corrected chi connectivity index (χ4v) is 5.80. The Morgan fingerprint density at radius 1 is 1.14 bits per heavy atom. The molecule has 6 amide bonds. The van der Waals surface area contributed by atoms with Gasteiger partial charge < -0.3 is 47.2 Å². The average molecular weight is 538 g/mol. The van der Waals surface area contributed by atoms with Gasteiger partial charge in [0, 0.05) is 17.8 Å². The number of nitrogens with one attached hydrogen (secondary N) is 3. The van der Waals surface area contributed by atoms with Crippen LogP contribution in [0.1, 0.15) is 25.5 Å². The van der Waals surface area contributed by atoms with Gasteiger partial charge in [-0.15, -0.1) is 11.8 Å². The largest absolute Gasteiger partial charge is 1.00 e. The monoisotopic (exact) mass is 537 g/mol. The SMILES string of the molecule is CC1(C)S[C@@H]2[C@H](NC(=O)C(NC(=O)N3CCNC3=O)c3ccccc3)C(=O)N2[C@H]1C(=O)[O-].O.O.O.[Na+]. The van der Waals surface area contributed by atoms with Crippen molar-refractivity contribution in [1.82, 2.24) is 25.8 Å². The van der Waals surface area contributed by atoms with E-state index < -0.39 is 58.1 Å². The van der Waals surface area contributed by atoms with E-state index in [9.17, 15) is 29.1 Å². The minimum atomic E-state index is -1.35. The molecule has 3 aliphatic heterocycles. The van der Waals surface area contributed by atoms with Crippen LogP contribution in [-0.2, 0) is 14.4 Å². The van der Waals surface area contributed by atoms with Crippen molar-refractivity contribution in [2.24, 2.45) is 0 Å². The maximum atomic E-state index is 13.1. The first kappa shape index (κ1) is 33.6. The topological polar surface area (TPSA) is 245 Å². The predicted octanol–water partition coefficient (Wildman–Crippen LogP) is -6.71. The zero-order chi connectivity index (χ0) is 23.2. The van der Waals surface area contributed by atoms with Gasteiger partial charge in [0.2, 0.25) is 11.8 Å². The Morgan fingerprint density at radius 3 is 2.28 bits per heavy atom. The average Bonchev–Trinajstić information content (AvgIpc) is 3.29. The van der Waals surface area contributed by atoms with Gasteiger partial charge in [0.05, 0.1) is 12.0 Å². The molecule has 16 heteroatoms. The molecule has 0 saturated carbocycles. The number of carboxylic acids is 1. The van der Waals surface area contributed by atoms with Gasteiger partial charge in [-0.25, -0.2) is 14.5 Å². The van der Waals surface area contributed by atoms with Crippen LogP contribution in [0, 0.1) is 0 Å². The summed E-state index contributed by atoms with van der Waals surface area (Å²) >= 11 is 1.27. The predicted molar refractivity (Wildman–Crippen MR) is 122 cm³/mol. The van der Waals surface area contributed by atoms with Crippen LogP contribution in [0.4, 0.5) is 9.59 Å². The van der Waals surface area contributed by atoms with E-state index in [1.54, 1.807) is 44.2 Å². The molecule has 0 aliphatic carbocycles. The Labute approximate surface area is 232 Å². The van der Waals surface area contributed by atoms with E-state index >= 15 is 0 Å². The van der Waals surface area contributed by atoms with E-state index in [2.05, 4.69) is 16.0 Å². The Bertz CT molecular complexity index is 999. The van der Waals surface area contributed by atoms with Gasteiger partial charge in [0.1, 0.15) is 17.5 Å². The molecule has 3 fully saturated rings. The number of carboxylic acid groups (broad SMARTS) is 1. The number of carbonyl (C=O) groups is 5. The summed E-state index contributed by atoms with van der Waals surface area (Å²) in [7, 11) is 0. The molecule has 9 N–H and O–H groups in total. The van der Waals surface area contributed by atoms with E-state index in [1.165, 1.54) is 16.7 Å². The summed E-state index contributed by atoms with van der Waals surface area (Å²) in [6.07, 6.45) is 0. The Morgan fingerprint density at radius 2 is 1.75 bits per heavy atom. The molecule has 0 aromatic heterocycles. The molecule has 4 atom stereocenters. The molecule has 0 radical (unpaired) electrons. The second-order valence-electron chi connectivity index (χ2n) is 8.24. The van der Waals surface area contributed by atoms with E-state index in [4.69, 9.17) is 0 Å². The van der Waals surface area contributed by atoms with Gasteiger partial charge in [-0.1, -0.05) is 30.3 Å². The normalized spacial score (nSPS) is 23.7. The summed E-state index contributed by atoms with van der Waals surface area (Å²) in [4.78, 5) is 63.9. The molecule has 1 aromatic rings. The van der Waals surface area contributed by atoms with Gasteiger partial charge in [0.15, 0.2) is 0 Å². The summed E-state index contributed by atoms with van der Waals surface area (Å²) in [5.74, 6) is -2.51. The number of hydrogen-bond acceptors (Lipinski definition) is 7. The first-order valence-electron chi connectivity index (χ1n) is 10.0. The number of carbonyl (C=O) groups excluding carboxylic acids is 5. The molecule has 3 saturated heterocycles. The summed E-state index contributed by atoms with van der Waals surface area (Å²) < 4.78 is -0.783. The van der Waals surface area contributed by atoms with Crippen molar-refractivity contribution >= 4 is 41.6 Å². The van der Waals surface area contributed by atoms with Crippen molar-refractivity contribution in [3.05, 3.63) is 35.9 Å². The zero-order valence-electron chi connectivity index (χ0n) is 19.9. The van der Waals surface area contributed by atoms with Crippen molar-refractivity contribution in [2.45, 2.75) is 42.1 Å². The molecule has 0 spiro atoms. The Hall–Kier alpha value is -2.40. The minimum Gasteiger partial charge on any atom is -0.548 e. The van der Waals surface area contributed by atoms with Gasteiger partial charge in [-0.3, -0.25) is 9.59 Å². The second kappa shape index (κ2) is 12.7. The maximum absolute atomic E-state index is 13.1.